The van der Waals surface area contributed by atoms with Crippen LogP contribution in [0.4, 0.5) is 4.39 Å². The lowest BCUT2D eigenvalue weighted by molar-refractivity contribution is -0.172. The predicted molar refractivity (Wildman–Crippen MR) is 125 cm³/mol. The number of esters is 1. The lowest BCUT2D eigenvalue weighted by atomic mass is 9.77. The highest BCUT2D eigenvalue weighted by molar-refractivity contribution is 5.93. The number of hydrogen-bond acceptors (Lipinski definition) is 5. The summed E-state index contributed by atoms with van der Waals surface area (Å²) in [7, 11) is 0. The molecule has 1 N–H and O–H groups in total. The minimum atomic E-state index is -1.88. The van der Waals surface area contributed by atoms with Crippen molar-refractivity contribution in [1.82, 2.24) is 9.55 Å². The lowest BCUT2D eigenvalue weighted by Gasteiger charge is -2.31. The van der Waals surface area contributed by atoms with Crippen LogP contribution in [0.2, 0.25) is 0 Å². The molecule has 1 aromatic carbocycles. The number of benzene rings is 1. The third-order valence-electron chi connectivity index (χ3n) is 7.95. The number of ether oxygens (including phenoxy) is 1. The molecule has 6 nitrogen and oxygen atoms in total. The molecular formula is C27H25FN2O4. The van der Waals surface area contributed by atoms with E-state index in [0.717, 1.165) is 41.3 Å². The van der Waals surface area contributed by atoms with Crippen LogP contribution in [0.1, 0.15) is 65.5 Å². The van der Waals surface area contributed by atoms with E-state index >= 15 is 0 Å². The minimum Gasteiger partial charge on any atom is -0.458 e. The van der Waals surface area contributed by atoms with Gasteiger partial charge in [-0.3, -0.25) is 4.79 Å². The average molecular weight is 461 g/mol. The van der Waals surface area contributed by atoms with Crippen molar-refractivity contribution in [3.63, 3.8) is 0 Å². The predicted octanol–water partition coefficient (Wildman–Crippen LogP) is 4.13. The van der Waals surface area contributed by atoms with Gasteiger partial charge in [0.05, 0.1) is 29.0 Å². The Morgan fingerprint density at radius 3 is 2.85 bits per heavy atom. The first-order valence-electron chi connectivity index (χ1n) is 11.7. The van der Waals surface area contributed by atoms with Crippen LogP contribution >= 0.6 is 0 Å². The number of aryl methyl sites for hydroxylation is 1. The van der Waals surface area contributed by atoms with E-state index in [2.05, 4.69) is 6.58 Å². The van der Waals surface area contributed by atoms with Gasteiger partial charge in [-0.15, -0.1) is 6.58 Å². The van der Waals surface area contributed by atoms with Gasteiger partial charge >= 0.3 is 5.97 Å². The molecule has 0 bridgehead atoms. The highest BCUT2D eigenvalue weighted by Crippen LogP contribution is 2.47. The fourth-order valence-electron chi connectivity index (χ4n) is 6.09. The number of hydrogen-bond donors (Lipinski definition) is 1. The third-order valence-corrected chi connectivity index (χ3v) is 7.95. The van der Waals surface area contributed by atoms with Gasteiger partial charge in [0, 0.05) is 22.6 Å². The Hall–Kier alpha value is -3.32. The molecule has 1 aliphatic carbocycles. The maximum absolute atomic E-state index is 14.8. The molecule has 3 aliphatic rings. The number of nitrogens with zero attached hydrogens (tertiary/aromatic N) is 2. The molecule has 0 saturated heterocycles. The Morgan fingerprint density at radius 2 is 2.12 bits per heavy atom. The number of cyclic esters (lactones) is 1. The van der Waals surface area contributed by atoms with Gasteiger partial charge in [-0.1, -0.05) is 13.0 Å². The van der Waals surface area contributed by atoms with Crippen molar-refractivity contribution in [3.05, 3.63) is 74.3 Å². The fraction of sp³-hybridized carbons (Fsp3) is 0.370. The van der Waals surface area contributed by atoms with E-state index in [1.54, 1.807) is 17.6 Å². The summed E-state index contributed by atoms with van der Waals surface area (Å²) in [5.74, 6) is -0.835. The standard InChI is InChI=1S/C27H25FN2O4/c1-4-6-14-7-8-15-13(3)19(28)10-20-23(15)22(14)16-11-30-21(24(16)29-20)9-18-17(25(30)31)12-34-26(32)27(18,33)5-2/h4,9-10,14,33H,1,5-8,11-12H2,2-3H3/t14?,27-/m0/s1. The van der Waals surface area contributed by atoms with Gasteiger partial charge in [0.1, 0.15) is 12.4 Å². The molecule has 34 heavy (non-hydrogen) atoms. The molecule has 0 fully saturated rings. The number of rotatable bonds is 3. The summed E-state index contributed by atoms with van der Waals surface area (Å²) in [6.45, 7) is 7.60. The molecule has 0 radical (unpaired) electrons. The van der Waals surface area contributed by atoms with E-state index < -0.39 is 11.6 Å². The van der Waals surface area contributed by atoms with Gasteiger partial charge in [0.2, 0.25) is 0 Å². The summed E-state index contributed by atoms with van der Waals surface area (Å²) >= 11 is 0. The maximum Gasteiger partial charge on any atom is 0.343 e. The third kappa shape index (κ3) is 2.56. The average Bonchev–Trinajstić information content (AvgIpc) is 3.19. The first-order valence-corrected chi connectivity index (χ1v) is 11.7. The van der Waals surface area contributed by atoms with E-state index in [4.69, 9.17) is 9.72 Å². The zero-order valence-corrected chi connectivity index (χ0v) is 19.2. The lowest BCUT2D eigenvalue weighted by Crippen LogP contribution is -2.44. The number of aliphatic hydroxyl groups is 1. The monoisotopic (exact) mass is 460 g/mol. The smallest absolute Gasteiger partial charge is 0.343 e. The summed E-state index contributed by atoms with van der Waals surface area (Å²) in [5.41, 5.74) is 3.85. The zero-order chi connectivity index (χ0) is 23.9. The van der Waals surface area contributed by atoms with Crippen LogP contribution in [-0.2, 0) is 34.7 Å². The van der Waals surface area contributed by atoms with Gasteiger partial charge in [0.15, 0.2) is 5.60 Å². The molecule has 4 heterocycles. The number of fused-ring (bicyclic) bond motifs is 5. The second-order valence-electron chi connectivity index (χ2n) is 9.57. The van der Waals surface area contributed by atoms with E-state index in [1.807, 2.05) is 13.0 Å². The Balaban J connectivity index is 1.69. The summed E-state index contributed by atoms with van der Waals surface area (Å²) in [4.78, 5) is 30.8. The fourth-order valence-corrected chi connectivity index (χ4v) is 6.09. The quantitative estimate of drug-likeness (QED) is 0.367. The number of carbonyl (C=O) groups is 1. The minimum absolute atomic E-state index is 0.0836. The summed E-state index contributed by atoms with van der Waals surface area (Å²) in [6, 6.07) is 3.18. The molecule has 3 aromatic rings. The second kappa shape index (κ2) is 7.09. The van der Waals surface area contributed by atoms with Crippen LogP contribution in [0.5, 0.6) is 0 Å². The molecule has 0 spiro atoms. The molecule has 0 saturated carbocycles. The first kappa shape index (κ1) is 21.2. The largest absolute Gasteiger partial charge is 0.458 e. The molecular weight excluding hydrogens is 435 g/mol. The molecule has 174 valence electrons. The summed E-state index contributed by atoms with van der Waals surface area (Å²) in [6.07, 6.45) is 4.41. The van der Waals surface area contributed by atoms with Gasteiger partial charge in [0.25, 0.3) is 5.56 Å². The van der Waals surface area contributed by atoms with E-state index in [-0.39, 0.29) is 35.9 Å². The highest BCUT2D eigenvalue weighted by Gasteiger charge is 2.45. The normalized spacial score (nSPS) is 22.2. The Bertz CT molecular complexity index is 1510. The Labute approximate surface area is 195 Å². The number of pyridine rings is 2. The van der Waals surface area contributed by atoms with Crippen molar-refractivity contribution in [2.75, 3.05) is 0 Å². The van der Waals surface area contributed by atoms with Crippen LogP contribution in [0, 0.1) is 12.7 Å². The molecule has 2 aromatic heterocycles. The first-order chi connectivity index (χ1) is 16.3. The molecule has 6 rings (SSSR count). The molecule has 2 atom stereocenters. The zero-order valence-electron chi connectivity index (χ0n) is 19.2. The topological polar surface area (TPSA) is 81.4 Å². The van der Waals surface area contributed by atoms with Gasteiger partial charge < -0.3 is 14.4 Å². The maximum atomic E-state index is 14.8. The van der Waals surface area contributed by atoms with Gasteiger partial charge in [-0.25, -0.2) is 14.2 Å². The van der Waals surface area contributed by atoms with E-state index in [1.165, 1.54) is 6.07 Å². The van der Waals surface area contributed by atoms with Crippen molar-refractivity contribution in [1.29, 1.82) is 0 Å². The van der Waals surface area contributed by atoms with Crippen LogP contribution in [0.15, 0.2) is 29.6 Å². The molecule has 0 amide bonds. The van der Waals surface area contributed by atoms with Crippen LogP contribution in [0.3, 0.4) is 0 Å². The molecule has 7 heteroatoms. The highest BCUT2D eigenvalue weighted by atomic mass is 19.1. The number of halogens is 1. The van der Waals surface area contributed by atoms with Crippen molar-refractivity contribution in [2.24, 2.45) is 0 Å². The van der Waals surface area contributed by atoms with Gasteiger partial charge in [-0.2, -0.15) is 0 Å². The summed E-state index contributed by atoms with van der Waals surface area (Å²) in [5, 5.41) is 12.1. The SMILES string of the molecule is C=CCC1CCc2c(C)c(F)cc3nc4c(c1c23)Cn1c-4cc2c(c1=O)COC(=O)[C@]2(O)CC. The van der Waals surface area contributed by atoms with Crippen molar-refractivity contribution in [2.45, 2.75) is 64.2 Å². The number of carbonyl (C=O) groups excluding carboxylic acids is 1. The van der Waals surface area contributed by atoms with Crippen LogP contribution in [0.25, 0.3) is 22.3 Å². The van der Waals surface area contributed by atoms with Gasteiger partial charge in [-0.05, 0) is 61.3 Å². The Morgan fingerprint density at radius 1 is 1.32 bits per heavy atom. The van der Waals surface area contributed by atoms with Crippen LogP contribution < -0.4 is 5.56 Å². The van der Waals surface area contributed by atoms with E-state index in [9.17, 15) is 19.1 Å². The second-order valence-corrected chi connectivity index (χ2v) is 9.57. The summed E-state index contributed by atoms with van der Waals surface area (Å²) < 4.78 is 21.6. The molecule has 1 unspecified atom stereocenters. The van der Waals surface area contributed by atoms with Crippen molar-refractivity contribution < 1.29 is 19.0 Å². The van der Waals surface area contributed by atoms with Crippen molar-refractivity contribution >= 4 is 16.9 Å². The number of allylic oxidation sites excluding steroid dienone is 1. The number of aromatic nitrogens is 2. The molecule has 2 aliphatic heterocycles. The van der Waals surface area contributed by atoms with Crippen LogP contribution in [-0.4, -0.2) is 20.6 Å². The van der Waals surface area contributed by atoms with E-state index in [0.29, 0.717) is 34.6 Å². The van der Waals surface area contributed by atoms with Crippen molar-refractivity contribution in [3.8, 4) is 11.4 Å². The Kier molecular flexibility index (Phi) is 4.43.